The highest BCUT2D eigenvalue weighted by Crippen LogP contribution is 2.11. The number of amides is 1. The van der Waals surface area contributed by atoms with Crippen molar-refractivity contribution in [2.24, 2.45) is 0 Å². The van der Waals surface area contributed by atoms with Crippen LogP contribution in [-0.4, -0.2) is 42.0 Å². The molecule has 0 saturated carbocycles. The van der Waals surface area contributed by atoms with E-state index in [1.54, 1.807) is 6.07 Å². The molecule has 0 aromatic carbocycles. The molecule has 2 rings (SSSR count). The smallest absolute Gasteiger partial charge is 0.258 e. The third-order valence-electron chi connectivity index (χ3n) is 3.11. The van der Waals surface area contributed by atoms with E-state index in [0.717, 1.165) is 30.7 Å². The Morgan fingerprint density at radius 1 is 1.53 bits per heavy atom. The number of hydrogen-bond donors (Lipinski definition) is 1. The molecule has 1 aromatic heterocycles. The Kier molecular flexibility index (Phi) is 4.68. The highest BCUT2D eigenvalue weighted by atomic mass is 16.5. The third kappa shape index (κ3) is 4.17. The van der Waals surface area contributed by atoms with E-state index in [1.807, 2.05) is 13.8 Å². The molecule has 2 heterocycles. The summed E-state index contributed by atoms with van der Waals surface area (Å²) < 4.78 is 10.7. The summed E-state index contributed by atoms with van der Waals surface area (Å²) in [7, 11) is 0. The lowest BCUT2D eigenvalue weighted by molar-refractivity contribution is -0.123. The third-order valence-corrected chi connectivity index (χ3v) is 3.11. The number of carbonyl (C=O) groups is 1. The molecule has 1 saturated heterocycles. The second-order valence-electron chi connectivity index (χ2n) is 4.68. The van der Waals surface area contributed by atoms with Gasteiger partial charge in [0, 0.05) is 19.2 Å². The van der Waals surface area contributed by atoms with Crippen LogP contribution in [-0.2, 0) is 9.53 Å². The molecule has 19 heavy (non-hydrogen) atoms. The fourth-order valence-electron chi connectivity index (χ4n) is 1.82. The maximum atomic E-state index is 11.6. The molecular formula is C13H19N3O3. The van der Waals surface area contributed by atoms with Crippen LogP contribution in [0, 0.1) is 13.8 Å². The van der Waals surface area contributed by atoms with Gasteiger partial charge in [-0.1, -0.05) is 0 Å². The molecule has 0 bridgehead atoms. The Balaban J connectivity index is 1.71. The van der Waals surface area contributed by atoms with Crippen molar-refractivity contribution in [2.45, 2.75) is 32.8 Å². The fourth-order valence-corrected chi connectivity index (χ4v) is 1.82. The summed E-state index contributed by atoms with van der Waals surface area (Å²) in [6.07, 6.45) is 2.21. The van der Waals surface area contributed by atoms with Gasteiger partial charge in [-0.05, 0) is 32.3 Å². The van der Waals surface area contributed by atoms with Crippen molar-refractivity contribution >= 4 is 5.91 Å². The quantitative estimate of drug-likeness (QED) is 0.851. The zero-order chi connectivity index (χ0) is 13.7. The summed E-state index contributed by atoms with van der Waals surface area (Å²) in [5.74, 6) is 0.200. The van der Waals surface area contributed by atoms with Crippen LogP contribution in [0.5, 0.6) is 5.88 Å². The van der Waals surface area contributed by atoms with Crippen molar-refractivity contribution in [2.75, 3.05) is 19.8 Å². The van der Waals surface area contributed by atoms with Gasteiger partial charge in [0.15, 0.2) is 6.61 Å². The number of ether oxygens (including phenoxy) is 2. The Morgan fingerprint density at radius 2 is 2.37 bits per heavy atom. The van der Waals surface area contributed by atoms with Gasteiger partial charge in [0.1, 0.15) is 0 Å². The molecule has 104 valence electrons. The van der Waals surface area contributed by atoms with Gasteiger partial charge < -0.3 is 14.8 Å². The summed E-state index contributed by atoms with van der Waals surface area (Å²) in [4.78, 5) is 11.6. The number of aryl methyl sites for hydroxylation is 2. The van der Waals surface area contributed by atoms with E-state index in [1.165, 1.54) is 0 Å². The molecule has 0 radical (unpaired) electrons. The second kappa shape index (κ2) is 6.47. The van der Waals surface area contributed by atoms with Crippen LogP contribution in [0.2, 0.25) is 0 Å². The van der Waals surface area contributed by atoms with Crippen molar-refractivity contribution in [3.05, 3.63) is 17.3 Å². The zero-order valence-electron chi connectivity index (χ0n) is 11.3. The van der Waals surface area contributed by atoms with E-state index in [-0.39, 0.29) is 18.6 Å². The second-order valence-corrected chi connectivity index (χ2v) is 4.68. The molecule has 6 nitrogen and oxygen atoms in total. The Morgan fingerprint density at radius 3 is 3.05 bits per heavy atom. The molecule has 1 amide bonds. The van der Waals surface area contributed by atoms with E-state index in [2.05, 4.69) is 15.5 Å². The van der Waals surface area contributed by atoms with Gasteiger partial charge in [-0.3, -0.25) is 4.79 Å². The Hall–Kier alpha value is -1.69. The van der Waals surface area contributed by atoms with E-state index in [9.17, 15) is 4.79 Å². The lowest BCUT2D eigenvalue weighted by Crippen LogP contribution is -2.35. The standard InChI is InChI=1S/C13H19N3O3/c1-9-6-13(16-15-10(9)2)19-8-12(17)14-7-11-4-3-5-18-11/h6,11H,3-5,7-8H2,1-2H3,(H,14,17). The molecule has 1 N–H and O–H groups in total. The van der Waals surface area contributed by atoms with Gasteiger partial charge in [0.2, 0.25) is 5.88 Å². The molecule has 1 aliphatic heterocycles. The van der Waals surface area contributed by atoms with Crippen molar-refractivity contribution in [1.29, 1.82) is 0 Å². The van der Waals surface area contributed by atoms with Crippen LogP contribution in [0.3, 0.4) is 0 Å². The molecule has 1 aliphatic rings. The van der Waals surface area contributed by atoms with E-state index in [4.69, 9.17) is 9.47 Å². The minimum Gasteiger partial charge on any atom is -0.466 e. The molecule has 0 spiro atoms. The maximum Gasteiger partial charge on any atom is 0.258 e. The first-order valence-electron chi connectivity index (χ1n) is 6.47. The normalized spacial score (nSPS) is 18.3. The summed E-state index contributed by atoms with van der Waals surface area (Å²) in [6.45, 7) is 5.08. The predicted octanol–water partition coefficient (Wildman–Crippen LogP) is 0.767. The average Bonchev–Trinajstić information content (AvgIpc) is 2.91. The number of hydrogen-bond acceptors (Lipinski definition) is 5. The Bertz CT molecular complexity index is 445. The number of nitrogens with one attached hydrogen (secondary N) is 1. The van der Waals surface area contributed by atoms with Gasteiger partial charge >= 0.3 is 0 Å². The van der Waals surface area contributed by atoms with E-state index < -0.39 is 0 Å². The number of nitrogens with zero attached hydrogens (tertiary/aromatic N) is 2. The monoisotopic (exact) mass is 265 g/mol. The van der Waals surface area contributed by atoms with Gasteiger partial charge in [-0.2, -0.15) is 5.10 Å². The van der Waals surface area contributed by atoms with Crippen LogP contribution < -0.4 is 10.1 Å². The minimum absolute atomic E-state index is 0.0517. The number of rotatable bonds is 5. The average molecular weight is 265 g/mol. The topological polar surface area (TPSA) is 73.3 Å². The molecule has 0 aliphatic carbocycles. The van der Waals surface area contributed by atoms with Gasteiger partial charge in [0.25, 0.3) is 5.91 Å². The molecule has 6 heteroatoms. The van der Waals surface area contributed by atoms with Gasteiger partial charge in [-0.15, -0.1) is 5.10 Å². The predicted molar refractivity (Wildman–Crippen MR) is 69.0 cm³/mol. The first-order chi connectivity index (χ1) is 9.15. The van der Waals surface area contributed by atoms with Crippen LogP contribution in [0.25, 0.3) is 0 Å². The fraction of sp³-hybridized carbons (Fsp3) is 0.615. The molecule has 1 aromatic rings. The van der Waals surface area contributed by atoms with Crippen molar-refractivity contribution in [3.63, 3.8) is 0 Å². The van der Waals surface area contributed by atoms with E-state index >= 15 is 0 Å². The minimum atomic E-state index is -0.171. The van der Waals surface area contributed by atoms with Crippen LogP contribution in [0.4, 0.5) is 0 Å². The van der Waals surface area contributed by atoms with Crippen molar-refractivity contribution in [3.8, 4) is 5.88 Å². The summed E-state index contributed by atoms with van der Waals surface area (Å²) in [5, 5.41) is 10.6. The molecular weight excluding hydrogens is 246 g/mol. The summed E-state index contributed by atoms with van der Waals surface area (Å²) in [5.41, 5.74) is 1.85. The van der Waals surface area contributed by atoms with E-state index in [0.29, 0.717) is 12.4 Å². The van der Waals surface area contributed by atoms with Gasteiger partial charge in [0.05, 0.1) is 11.8 Å². The van der Waals surface area contributed by atoms with Crippen LogP contribution in [0.1, 0.15) is 24.1 Å². The highest BCUT2D eigenvalue weighted by molar-refractivity contribution is 5.77. The lowest BCUT2D eigenvalue weighted by atomic mass is 10.2. The number of aromatic nitrogens is 2. The summed E-state index contributed by atoms with van der Waals surface area (Å²) >= 11 is 0. The lowest BCUT2D eigenvalue weighted by Gasteiger charge is -2.11. The zero-order valence-corrected chi connectivity index (χ0v) is 11.3. The summed E-state index contributed by atoms with van der Waals surface area (Å²) in [6, 6.07) is 1.77. The molecule has 1 unspecified atom stereocenters. The SMILES string of the molecule is Cc1cc(OCC(=O)NCC2CCCO2)nnc1C. The first-order valence-corrected chi connectivity index (χ1v) is 6.47. The van der Waals surface area contributed by atoms with Crippen molar-refractivity contribution < 1.29 is 14.3 Å². The molecule has 1 atom stereocenters. The molecule has 1 fully saturated rings. The van der Waals surface area contributed by atoms with Crippen LogP contribution in [0.15, 0.2) is 6.07 Å². The maximum absolute atomic E-state index is 11.6. The number of carbonyl (C=O) groups excluding carboxylic acids is 1. The first kappa shape index (κ1) is 13.7. The van der Waals surface area contributed by atoms with Crippen LogP contribution >= 0.6 is 0 Å². The largest absolute Gasteiger partial charge is 0.466 e. The highest BCUT2D eigenvalue weighted by Gasteiger charge is 2.16. The van der Waals surface area contributed by atoms with Gasteiger partial charge in [-0.25, -0.2) is 0 Å². The van der Waals surface area contributed by atoms with Crippen molar-refractivity contribution in [1.82, 2.24) is 15.5 Å². The Labute approximate surface area is 112 Å².